The molecule has 0 atom stereocenters. The Balaban J connectivity index is 1.59. The van der Waals surface area contributed by atoms with E-state index in [0.717, 1.165) is 30.8 Å². The van der Waals surface area contributed by atoms with Gasteiger partial charge in [0.2, 0.25) is 0 Å². The molecule has 126 valence electrons. The molecule has 0 spiro atoms. The third kappa shape index (κ3) is 3.71. The lowest BCUT2D eigenvalue weighted by Gasteiger charge is -2.36. The van der Waals surface area contributed by atoms with Crippen LogP contribution >= 0.6 is 0 Å². The highest BCUT2D eigenvalue weighted by Gasteiger charge is 2.20. The smallest absolute Gasteiger partial charge is 0.335 e. The second kappa shape index (κ2) is 6.97. The topological polar surface area (TPSA) is 43.8 Å². The van der Waals surface area contributed by atoms with E-state index in [2.05, 4.69) is 4.90 Å². The first-order chi connectivity index (χ1) is 11.5. The zero-order valence-corrected chi connectivity index (χ0v) is 13.1. The highest BCUT2D eigenvalue weighted by Crippen LogP contribution is 2.22. The van der Waals surface area contributed by atoms with Crippen LogP contribution in [0.25, 0.3) is 0 Å². The van der Waals surface area contributed by atoms with E-state index in [1.54, 1.807) is 12.1 Å². The molecule has 24 heavy (non-hydrogen) atoms. The number of carboxylic acid groups (broad SMARTS) is 1. The van der Waals surface area contributed by atoms with Crippen LogP contribution in [0.15, 0.2) is 42.5 Å². The van der Waals surface area contributed by atoms with Crippen molar-refractivity contribution in [1.29, 1.82) is 0 Å². The minimum Gasteiger partial charge on any atom is -0.478 e. The molecule has 1 aliphatic rings. The van der Waals surface area contributed by atoms with Gasteiger partial charge in [0.05, 0.1) is 11.3 Å². The first-order valence-electron chi connectivity index (χ1n) is 7.77. The van der Waals surface area contributed by atoms with Gasteiger partial charge in [-0.05, 0) is 29.8 Å². The number of aromatic carboxylic acids is 1. The quantitative estimate of drug-likeness (QED) is 0.935. The summed E-state index contributed by atoms with van der Waals surface area (Å²) in [6.07, 6.45) is 0. The fraction of sp³-hybridized carbons (Fsp3) is 0.278. The van der Waals surface area contributed by atoms with Crippen molar-refractivity contribution in [1.82, 2.24) is 4.90 Å². The Hall–Kier alpha value is -2.47. The van der Waals surface area contributed by atoms with Crippen molar-refractivity contribution >= 4 is 11.7 Å². The van der Waals surface area contributed by atoms with E-state index >= 15 is 0 Å². The van der Waals surface area contributed by atoms with Crippen molar-refractivity contribution in [3.05, 3.63) is 65.2 Å². The van der Waals surface area contributed by atoms with Crippen molar-refractivity contribution in [2.75, 3.05) is 31.1 Å². The Bertz CT molecular complexity index is 726. The molecule has 1 aliphatic heterocycles. The Kier molecular flexibility index (Phi) is 4.76. The maximum atomic E-state index is 13.8. The van der Waals surface area contributed by atoms with E-state index in [0.29, 0.717) is 25.3 Å². The first kappa shape index (κ1) is 16.4. The van der Waals surface area contributed by atoms with Gasteiger partial charge in [0.15, 0.2) is 0 Å². The molecule has 0 aromatic heterocycles. The minimum atomic E-state index is -0.938. The summed E-state index contributed by atoms with van der Waals surface area (Å²) in [5.41, 5.74) is 1.61. The third-order valence-electron chi connectivity index (χ3n) is 4.23. The van der Waals surface area contributed by atoms with Crippen LogP contribution in [-0.2, 0) is 6.54 Å². The monoisotopic (exact) mass is 332 g/mol. The molecular weight excluding hydrogens is 314 g/mol. The first-order valence-corrected chi connectivity index (χ1v) is 7.77. The van der Waals surface area contributed by atoms with Gasteiger partial charge in [-0.2, -0.15) is 0 Å². The summed E-state index contributed by atoms with van der Waals surface area (Å²) in [6, 6.07) is 10.3. The number of benzene rings is 2. The van der Waals surface area contributed by atoms with Crippen molar-refractivity contribution in [3.8, 4) is 0 Å². The Morgan fingerprint density at radius 2 is 1.67 bits per heavy atom. The van der Waals surface area contributed by atoms with Crippen LogP contribution in [0.5, 0.6) is 0 Å². The zero-order valence-electron chi connectivity index (χ0n) is 13.1. The fourth-order valence-corrected chi connectivity index (χ4v) is 2.89. The molecule has 0 bridgehead atoms. The summed E-state index contributed by atoms with van der Waals surface area (Å²) in [6.45, 7) is 3.41. The van der Waals surface area contributed by atoms with Gasteiger partial charge in [-0.3, -0.25) is 4.90 Å². The standard InChI is InChI=1S/C18H18F2N2O2/c19-15-5-6-16(20)17(11-15)22-9-7-21(8-10-22)12-13-1-3-14(4-2-13)18(23)24/h1-6,11H,7-10,12H2,(H,23,24). The number of carbonyl (C=O) groups is 1. The van der Waals surface area contributed by atoms with Crippen LogP contribution in [-0.4, -0.2) is 42.2 Å². The Morgan fingerprint density at radius 1 is 1.00 bits per heavy atom. The summed E-state index contributed by atoms with van der Waals surface area (Å²) in [7, 11) is 0. The summed E-state index contributed by atoms with van der Waals surface area (Å²) in [5, 5.41) is 8.90. The SMILES string of the molecule is O=C(O)c1ccc(CN2CCN(c3cc(F)ccc3F)CC2)cc1. The molecule has 6 heteroatoms. The molecule has 0 saturated carbocycles. The summed E-state index contributed by atoms with van der Waals surface area (Å²) in [4.78, 5) is 14.9. The van der Waals surface area contributed by atoms with Crippen molar-refractivity contribution in [2.45, 2.75) is 6.54 Å². The van der Waals surface area contributed by atoms with E-state index in [9.17, 15) is 13.6 Å². The molecule has 0 aliphatic carbocycles. The highest BCUT2D eigenvalue weighted by atomic mass is 19.1. The van der Waals surface area contributed by atoms with Gasteiger partial charge in [0, 0.05) is 38.8 Å². The molecule has 2 aromatic carbocycles. The van der Waals surface area contributed by atoms with E-state index in [1.165, 1.54) is 6.07 Å². The largest absolute Gasteiger partial charge is 0.478 e. The van der Waals surface area contributed by atoms with Crippen LogP contribution in [0.2, 0.25) is 0 Å². The lowest BCUT2D eigenvalue weighted by Crippen LogP contribution is -2.46. The molecule has 1 heterocycles. The van der Waals surface area contributed by atoms with E-state index in [4.69, 9.17) is 5.11 Å². The Labute approximate surface area is 138 Å². The normalized spacial score (nSPS) is 15.5. The van der Waals surface area contributed by atoms with Crippen LogP contribution in [0, 0.1) is 11.6 Å². The van der Waals surface area contributed by atoms with Crippen LogP contribution < -0.4 is 4.90 Å². The lowest BCUT2D eigenvalue weighted by molar-refractivity contribution is 0.0697. The number of hydrogen-bond donors (Lipinski definition) is 1. The summed E-state index contributed by atoms with van der Waals surface area (Å²) < 4.78 is 27.1. The maximum absolute atomic E-state index is 13.8. The molecular formula is C18H18F2N2O2. The third-order valence-corrected chi connectivity index (χ3v) is 4.23. The second-order valence-electron chi connectivity index (χ2n) is 5.86. The van der Waals surface area contributed by atoms with E-state index in [-0.39, 0.29) is 5.56 Å². The minimum absolute atomic E-state index is 0.269. The Morgan fingerprint density at radius 3 is 2.29 bits per heavy atom. The van der Waals surface area contributed by atoms with Crippen LogP contribution in [0.4, 0.5) is 14.5 Å². The number of rotatable bonds is 4. The number of halogens is 2. The van der Waals surface area contributed by atoms with E-state index in [1.807, 2.05) is 17.0 Å². The molecule has 0 amide bonds. The lowest BCUT2D eigenvalue weighted by atomic mass is 10.1. The van der Waals surface area contributed by atoms with Gasteiger partial charge in [-0.15, -0.1) is 0 Å². The molecule has 1 N–H and O–H groups in total. The molecule has 3 rings (SSSR count). The maximum Gasteiger partial charge on any atom is 0.335 e. The van der Waals surface area contributed by atoms with Gasteiger partial charge in [-0.1, -0.05) is 12.1 Å². The predicted octanol–water partition coefficient (Wildman–Crippen LogP) is 2.99. The van der Waals surface area contributed by atoms with Gasteiger partial charge >= 0.3 is 5.97 Å². The zero-order chi connectivity index (χ0) is 17.1. The fourth-order valence-electron chi connectivity index (χ4n) is 2.89. The van der Waals surface area contributed by atoms with Crippen LogP contribution in [0.1, 0.15) is 15.9 Å². The van der Waals surface area contributed by atoms with Crippen molar-refractivity contribution in [3.63, 3.8) is 0 Å². The molecule has 0 unspecified atom stereocenters. The van der Waals surface area contributed by atoms with Crippen molar-refractivity contribution < 1.29 is 18.7 Å². The predicted molar refractivity (Wildman–Crippen MR) is 87.2 cm³/mol. The average molecular weight is 332 g/mol. The van der Waals surface area contributed by atoms with E-state index < -0.39 is 17.6 Å². The molecule has 1 saturated heterocycles. The van der Waals surface area contributed by atoms with Gasteiger partial charge in [0.1, 0.15) is 11.6 Å². The molecule has 2 aromatic rings. The van der Waals surface area contributed by atoms with Gasteiger partial charge < -0.3 is 10.0 Å². The van der Waals surface area contributed by atoms with Crippen molar-refractivity contribution in [2.24, 2.45) is 0 Å². The van der Waals surface area contributed by atoms with Gasteiger partial charge in [-0.25, -0.2) is 13.6 Å². The number of anilines is 1. The average Bonchev–Trinajstić information content (AvgIpc) is 2.58. The summed E-state index contributed by atoms with van der Waals surface area (Å²) >= 11 is 0. The number of carboxylic acids is 1. The second-order valence-corrected chi connectivity index (χ2v) is 5.86. The highest BCUT2D eigenvalue weighted by molar-refractivity contribution is 5.87. The number of hydrogen-bond acceptors (Lipinski definition) is 3. The molecule has 4 nitrogen and oxygen atoms in total. The number of piperazine rings is 1. The molecule has 0 radical (unpaired) electrons. The van der Waals surface area contributed by atoms with Gasteiger partial charge in [0.25, 0.3) is 0 Å². The molecule has 1 fully saturated rings. The summed E-state index contributed by atoms with van der Waals surface area (Å²) in [5.74, 6) is -1.78. The number of nitrogens with zero attached hydrogens (tertiary/aromatic N) is 2. The van der Waals surface area contributed by atoms with Crippen LogP contribution in [0.3, 0.4) is 0 Å².